The molecule has 0 aromatic heterocycles. The lowest BCUT2D eigenvalue weighted by atomic mass is 9.81. The maximum Gasteiger partial charge on any atom is 0.0546 e. The van der Waals surface area contributed by atoms with E-state index in [0.29, 0.717) is 0 Å². The van der Waals surface area contributed by atoms with Gasteiger partial charge in [-0.05, 0) is 46.6 Å². The zero-order valence-corrected chi connectivity index (χ0v) is 13.9. The fourth-order valence-corrected chi connectivity index (χ4v) is 2.94. The van der Waals surface area contributed by atoms with Crippen LogP contribution in [0.5, 0.6) is 0 Å². The Labute approximate surface area is 120 Å². The number of nitrogens with zero attached hydrogens (tertiary/aromatic N) is 1. The number of rotatable bonds is 6. The highest BCUT2D eigenvalue weighted by Crippen LogP contribution is 2.29. The molecule has 1 rings (SSSR count). The lowest BCUT2D eigenvalue weighted by Gasteiger charge is -2.42. The molecule has 1 N–H and O–H groups in total. The van der Waals surface area contributed by atoms with Crippen LogP contribution in [0.2, 0.25) is 0 Å². The van der Waals surface area contributed by atoms with Crippen molar-refractivity contribution in [3.05, 3.63) is 0 Å². The van der Waals surface area contributed by atoms with Gasteiger partial charge in [0.1, 0.15) is 0 Å². The van der Waals surface area contributed by atoms with E-state index in [1.54, 1.807) is 0 Å². The van der Waals surface area contributed by atoms with Gasteiger partial charge in [0.2, 0.25) is 0 Å². The summed E-state index contributed by atoms with van der Waals surface area (Å²) in [5.74, 6) is 0.724. The van der Waals surface area contributed by atoms with Crippen molar-refractivity contribution in [2.24, 2.45) is 11.3 Å². The Bertz CT molecular complexity index is 252. The Hall–Kier alpha value is -0.120. The molecule has 0 bridgehead atoms. The summed E-state index contributed by atoms with van der Waals surface area (Å²) < 4.78 is 5.79. The molecule has 0 spiro atoms. The molecule has 0 aliphatic carbocycles. The topological polar surface area (TPSA) is 24.5 Å². The maximum atomic E-state index is 5.79. The highest BCUT2D eigenvalue weighted by Gasteiger charge is 2.35. The summed E-state index contributed by atoms with van der Waals surface area (Å²) in [5.41, 5.74) is 0.468. The first kappa shape index (κ1) is 16.9. The SMILES string of the molecule is CC(C)CN(C)CC1(CNC(C)(C)C)CCCOC1. The van der Waals surface area contributed by atoms with Crippen LogP contribution in [-0.4, -0.2) is 50.3 Å². The van der Waals surface area contributed by atoms with Crippen LogP contribution in [0.25, 0.3) is 0 Å². The van der Waals surface area contributed by atoms with Gasteiger partial charge in [-0.2, -0.15) is 0 Å². The van der Waals surface area contributed by atoms with E-state index >= 15 is 0 Å². The monoisotopic (exact) mass is 270 g/mol. The minimum atomic E-state index is 0.182. The third kappa shape index (κ3) is 6.73. The molecular weight excluding hydrogens is 236 g/mol. The molecule has 3 heteroatoms. The predicted molar refractivity (Wildman–Crippen MR) is 82.6 cm³/mol. The molecule has 0 saturated carbocycles. The van der Waals surface area contributed by atoms with Crippen molar-refractivity contribution in [3.63, 3.8) is 0 Å². The van der Waals surface area contributed by atoms with Gasteiger partial charge >= 0.3 is 0 Å². The minimum absolute atomic E-state index is 0.182. The van der Waals surface area contributed by atoms with Gasteiger partial charge in [-0.15, -0.1) is 0 Å². The van der Waals surface area contributed by atoms with E-state index in [0.717, 1.165) is 38.8 Å². The summed E-state index contributed by atoms with van der Waals surface area (Å²) in [5, 5.41) is 3.68. The molecule has 1 aliphatic heterocycles. The molecule has 1 aliphatic rings. The first-order valence-electron chi connectivity index (χ1n) is 7.74. The normalized spacial score (nSPS) is 25.3. The Morgan fingerprint density at radius 1 is 1.32 bits per heavy atom. The second-order valence-corrected chi connectivity index (χ2v) is 7.85. The van der Waals surface area contributed by atoms with Crippen molar-refractivity contribution in [1.82, 2.24) is 10.2 Å². The van der Waals surface area contributed by atoms with Crippen LogP contribution in [0, 0.1) is 11.3 Å². The van der Waals surface area contributed by atoms with Crippen molar-refractivity contribution in [1.29, 1.82) is 0 Å². The first-order valence-corrected chi connectivity index (χ1v) is 7.74. The Kier molecular flexibility index (Phi) is 6.28. The maximum absolute atomic E-state index is 5.79. The smallest absolute Gasteiger partial charge is 0.0546 e. The van der Waals surface area contributed by atoms with E-state index in [4.69, 9.17) is 4.74 Å². The summed E-state index contributed by atoms with van der Waals surface area (Å²) in [6, 6.07) is 0. The van der Waals surface area contributed by atoms with Gasteiger partial charge in [0, 0.05) is 37.2 Å². The van der Waals surface area contributed by atoms with E-state index in [1.165, 1.54) is 12.8 Å². The van der Waals surface area contributed by atoms with Crippen LogP contribution < -0.4 is 5.32 Å². The highest BCUT2D eigenvalue weighted by molar-refractivity contribution is 4.89. The molecule has 1 atom stereocenters. The molecule has 0 aromatic carbocycles. The molecular formula is C16H34N2O. The summed E-state index contributed by atoms with van der Waals surface area (Å²) in [4.78, 5) is 2.48. The van der Waals surface area contributed by atoms with Crippen molar-refractivity contribution >= 4 is 0 Å². The molecule has 114 valence electrons. The molecule has 1 saturated heterocycles. The minimum Gasteiger partial charge on any atom is -0.381 e. The Morgan fingerprint density at radius 2 is 2.00 bits per heavy atom. The van der Waals surface area contributed by atoms with E-state index in [2.05, 4.69) is 51.9 Å². The average Bonchev–Trinajstić information content (AvgIpc) is 2.25. The van der Waals surface area contributed by atoms with Crippen LogP contribution in [0.1, 0.15) is 47.5 Å². The standard InChI is InChI=1S/C16H34N2O/c1-14(2)10-18(6)12-16(8-7-9-19-13-16)11-17-15(3,4)5/h14,17H,7-13H2,1-6H3. The van der Waals surface area contributed by atoms with Gasteiger partial charge in [0.25, 0.3) is 0 Å². The molecule has 0 radical (unpaired) electrons. The number of hydrogen-bond acceptors (Lipinski definition) is 3. The molecule has 1 unspecified atom stereocenters. The second kappa shape index (κ2) is 7.05. The van der Waals surface area contributed by atoms with Gasteiger partial charge < -0.3 is 15.0 Å². The van der Waals surface area contributed by atoms with Gasteiger partial charge in [0.05, 0.1) is 6.61 Å². The van der Waals surface area contributed by atoms with Crippen LogP contribution in [-0.2, 0) is 4.74 Å². The van der Waals surface area contributed by atoms with Gasteiger partial charge in [0.15, 0.2) is 0 Å². The summed E-state index contributed by atoms with van der Waals surface area (Å²) >= 11 is 0. The quantitative estimate of drug-likeness (QED) is 0.803. The van der Waals surface area contributed by atoms with Crippen molar-refractivity contribution in [2.45, 2.75) is 53.0 Å². The van der Waals surface area contributed by atoms with E-state index in [-0.39, 0.29) is 11.0 Å². The lowest BCUT2D eigenvalue weighted by Crippen LogP contribution is -2.52. The van der Waals surface area contributed by atoms with Crippen molar-refractivity contribution in [2.75, 3.05) is 39.9 Å². The first-order chi connectivity index (χ1) is 8.72. The van der Waals surface area contributed by atoms with Crippen LogP contribution >= 0.6 is 0 Å². The summed E-state index contributed by atoms with van der Waals surface area (Å²) in [6.07, 6.45) is 2.47. The van der Waals surface area contributed by atoms with E-state index in [9.17, 15) is 0 Å². The third-order valence-corrected chi connectivity index (χ3v) is 3.68. The Morgan fingerprint density at radius 3 is 2.47 bits per heavy atom. The molecule has 3 nitrogen and oxygen atoms in total. The second-order valence-electron chi connectivity index (χ2n) is 7.85. The number of ether oxygens (including phenoxy) is 1. The Balaban J connectivity index is 2.59. The average molecular weight is 270 g/mol. The number of nitrogens with one attached hydrogen (secondary N) is 1. The van der Waals surface area contributed by atoms with Crippen molar-refractivity contribution in [3.8, 4) is 0 Å². The molecule has 1 fully saturated rings. The van der Waals surface area contributed by atoms with Crippen LogP contribution in [0.4, 0.5) is 0 Å². The lowest BCUT2D eigenvalue weighted by molar-refractivity contribution is -0.0264. The summed E-state index contributed by atoms with van der Waals surface area (Å²) in [6.45, 7) is 16.5. The molecule has 0 amide bonds. The largest absolute Gasteiger partial charge is 0.381 e. The zero-order valence-electron chi connectivity index (χ0n) is 13.9. The summed E-state index contributed by atoms with van der Waals surface area (Å²) in [7, 11) is 2.24. The van der Waals surface area contributed by atoms with Gasteiger partial charge in [-0.1, -0.05) is 13.8 Å². The van der Waals surface area contributed by atoms with Gasteiger partial charge in [-0.3, -0.25) is 0 Å². The fourth-order valence-electron chi connectivity index (χ4n) is 2.94. The van der Waals surface area contributed by atoms with Gasteiger partial charge in [-0.25, -0.2) is 0 Å². The van der Waals surface area contributed by atoms with E-state index in [1.807, 2.05) is 0 Å². The fraction of sp³-hybridized carbons (Fsp3) is 1.00. The molecule has 1 heterocycles. The van der Waals surface area contributed by atoms with Crippen molar-refractivity contribution < 1.29 is 4.74 Å². The zero-order chi connectivity index (χ0) is 14.5. The highest BCUT2D eigenvalue weighted by atomic mass is 16.5. The molecule has 19 heavy (non-hydrogen) atoms. The molecule has 0 aromatic rings. The van der Waals surface area contributed by atoms with Crippen LogP contribution in [0.15, 0.2) is 0 Å². The number of hydrogen-bond donors (Lipinski definition) is 1. The predicted octanol–water partition coefficient (Wildman–Crippen LogP) is 2.76. The van der Waals surface area contributed by atoms with E-state index < -0.39 is 0 Å². The van der Waals surface area contributed by atoms with Crippen LogP contribution in [0.3, 0.4) is 0 Å². The third-order valence-electron chi connectivity index (χ3n) is 3.68.